The van der Waals surface area contributed by atoms with Crippen LogP contribution in [0.1, 0.15) is 0 Å². The Kier molecular flexibility index (Phi) is 3.66. The molecule has 0 fully saturated rings. The van der Waals surface area contributed by atoms with Gasteiger partial charge in [-0.05, 0) is 29.3 Å². The molecule has 0 spiro atoms. The first-order valence-corrected chi connectivity index (χ1v) is 6.65. The lowest BCUT2D eigenvalue weighted by Crippen LogP contribution is -1.87. The first-order chi connectivity index (χ1) is 9.81. The first kappa shape index (κ1) is 12.7. The summed E-state index contributed by atoms with van der Waals surface area (Å²) in [5, 5.41) is 0.420. The number of nitrogens with zero attached hydrogens (tertiary/aromatic N) is 1. The van der Waals surface area contributed by atoms with Crippen LogP contribution in [-0.4, -0.2) is 4.98 Å². The van der Waals surface area contributed by atoms with E-state index < -0.39 is 0 Å². The number of hydrogen-bond acceptors (Lipinski definition) is 2. The molecule has 0 aliphatic heterocycles. The number of halogens is 1. The smallest absolute Gasteiger partial charge is 0.220 e. The molecule has 0 unspecified atom stereocenters. The molecule has 20 heavy (non-hydrogen) atoms. The van der Waals surface area contributed by atoms with E-state index in [-0.39, 0.29) is 0 Å². The van der Waals surface area contributed by atoms with Gasteiger partial charge in [0.25, 0.3) is 0 Å². The summed E-state index contributed by atoms with van der Waals surface area (Å²) in [5.41, 5.74) is 2.33. The Morgan fingerprint density at radius 2 is 1.40 bits per heavy atom. The number of aromatic nitrogens is 1. The summed E-state index contributed by atoms with van der Waals surface area (Å²) in [5.74, 6) is 1.23. The van der Waals surface area contributed by atoms with Gasteiger partial charge in [0.1, 0.15) is 10.9 Å². The Hall–Kier alpha value is -2.32. The Morgan fingerprint density at radius 1 is 0.700 bits per heavy atom. The number of hydrogen-bond donors (Lipinski definition) is 0. The van der Waals surface area contributed by atoms with E-state index in [2.05, 4.69) is 17.1 Å². The van der Waals surface area contributed by atoms with E-state index in [0.717, 1.165) is 11.3 Å². The number of pyridine rings is 1. The average Bonchev–Trinajstić information content (AvgIpc) is 2.49. The summed E-state index contributed by atoms with van der Waals surface area (Å²) >= 11 is 5.83. The fourth-order valence-corrected chi connectivity index (χ4v) is 2.07. The predicted molar refractivity (Wildman–Crippen MR) is 81.2 cm³/mol. The zero-order valence-corrected chi connectivity index (χ0v) is 11.4. The fraction of sp³-hybridized carbons (Fsp3) is 0. The van der Waals surface area contributed by atoms with E-state index in [1.807, 2.05) is 48.5 Å². The molecule has 0 saturated carbocycles. The second-order valence-electron chi connectivity index (χ2n) is 4.29. The van der Waals surface area contributed by atoms with Crippen LogP contribution in [0, 0.1) is 0 Å². The molecule has 1 aromatic heterocycles. The lowest BCUT2D eigenvalue weighted by Gasteiger charge is -2.06. The SMILES string of the molecule is Clc1cccc(Oc2ccc(-c3ccccc3)cc2)n1. The molecule has 3 aromatic rings. The molecule has 2 aromatic carbocycles. The Bertz CT molecular complexity index is 696. The highest BCUT2D eigenvalue weighted by atomic mass is 35.5. The van der Waals surface area contributed by atoms with E-state index >= 15 is 0 Å². The van der Waals surface area contributed by atoms with Crippen molar-refractivity contribution in [2.24, 2.45) is 0 Å². The molecule has 0 amide bonds. The van der Waals surface area contributed by atoms with Gasteiger partial charge < -0.3 is 4.74 Å². The van der Waals surface area contributed by atoms with Gasteiger partial charge in [0, 0.05) is 6.07 Å². The van der Waals surface area contributed by atoms with Crippen molar-refractivity contribution in [2.75, 3.05) is 0 Å². The highest BCUT2D eigenvalue weighted by Crippen LogP contribution is 2.25. The Labute approximate surface area is 122 Å². The molecule has 0 radical (unpaired) electrons. The second-order valence-corrected chi connectivity index (χ2v) is 4.68. The van der Waals surface area contributed by atoms with Crippen LogP contribution < -0.4 is 4.74 Å². The van der Waals surface area contributed by atoms with Gasteiger partial charge in [0.05, 0.1) is 0 Å². The number of benzene rings is 2. The molecule has 0 aliphatic carbocycles. The van der Waals surface area contributed by atoms with E-state index in [1.54, 1.807) is 12.1 Å². The van der Waals surface area contributed by atoms with Gasteiger partial charge in [0.15, 0.2) is 0 Å². The van der Waals surface area contributed by atoms with E-state index in [1.165, 1.54) is 5.56 Å². The van der Waals surface area contributed by atoms with Gasteiger partial charge in [-0.2, -0.15) is 0 Å². The van der Waals surface area contributed by atoms with Crippen molar-refractivity contribution in [3.8, 4) is 22.8 Å². The van der Waals surface area contributed by atoms with Crippen molar-refractivity contribution in [3.63, 3.8) is 0 Å². The van der Waals surface area contributed by atoms with Gasteiger partial charge in [-0.1, -0.05) is 60.1 Å². The van der Waals surface area contributed by atoms with Gasteiger partial charge in [-0.25, -0.2) is 4.98 Å². The van der Waals surface area contributed by atoms with E-state index in [4.69, 9.17) is 16.3 Å². The normalized spacial score (nSPS) is 10.2. The summed E-state index contributed by atoms with van der Waals surface area (Å²) < 4.78 is 5.65. The van der Waals surface area contributed by atoms with Gasteiger partial charge in [0.2, 0.25) is 5.88 Å². The summed E-state index contributed by atoms with van der Waals surface area (Å²) in [6, 6.07) is 23.4. The van der Waals surface area contributed by atoms with Crippen LogP contribution >= 0.6 is 11.6 Å². The fourth-order valence-electron chi connectivity index (χ4n) is 1.91. The topological polar surface area (TPSA) is 22.1 Å². The second kappa shape index (κ2) is 5.76. The predicted octanol–water partition coefficient (Wildman–Crippen LogP) is 5.19. The van der Waals surface area contributed by atoms with Crippen LogP contribution in [0.25, 0.3) is 11.1 Å². The van der Waals surface area contributed by atoms with Crippen molar-refractivity contribution in [1.29, 1.82) is 0 Å². The maximum absolute atomic E-state index is 5.83. The summed E-state index contributed by atoms with van der Waals surface area (Å²) in [6.07, 6.45) is 0. The summed E-state index contributed by atoms with van der Waals surface area (Å²) in [6.45, 7) is 0. The van der Waals surface area contributed by atoms with Crippen molar-refractivity contribution in [3.05, 3.63) is 77.9 Å². The lowest BCUT2D eigenvalue weighted by molar-refractivity contribution is 0.463. The molecule has 0 atom stereocenters. The van der Waals surface area contributed by atoms with E-state index in [0.29, 0.717) is 11.0 Å². The van der Waals surface area contributed by atoms with Crippen molar-refractivity contribution >= 4 is 11.6 Å². The third kappa shape index (κ3) is 2.98. The largest absolute Gasteiger partial charge is 0.439 e. The van der Waals surface area contributed by atoms with Crippen molar-refractivity contribution in [1.82, 2.24) is 4.98 Å². The zero-order valence-electron chi connectivity index (χ0n) is 10.7. The molecule has 2 nitrogen and oxygen atoms in total. The van der Waals surface area contributed by atoms with Crippen molar-refractivity contribution in [2.45, 2.75) is 0 Å². The molecular formula is C17H12ClNO. The maximum atomic E-state index is 5.83. The molecule has 0 saturated heterocycles. The molecule has 0 aliphatic rings. The highest BCUT2D eigenvalue weighted by Gasteiger charge is 2.01. The monoisotopic (exact) mass is 281 g/mol. The standard InChI is InChI=1S/C17H12ClNO/c18-16-7-4-8-17(19-16)20-15-11-9-14(10-12-15)13-5-2-1-3-6-13/h1-12H. The van der Waals surface area contributed by atoms with Crippen LogP contribution in [0.4, 0.5) is 0 Å². The molecular weight excluding hydrogens is 270 g/mol. The van der Waals surface area contributed by atoms with Crippen LogP contribution in [0.2, 0.25) is 5.15 Å². The van der Waals surface area contributed by atoms with Crippen molar-refractivity contribution < 1.29 is 4.74 Å². The van der Waals surface area contributed by atoms with Crippen LogP contribution in [0.15, 0.2) is 72.8 Å². The minimum Gasteiger partial charge on any atom is -0.439 e. The minimum absolute atomic E-state index is 0.420. The molecule has 0 N–H and O–H groups in total. The molecule has 98 valence electrons. The van der Waals surface area contributed by atoms with Gasteiger partial charge in [-0.3, -0.25) is 0 Å². The minimum atomic E-state index is 0.420. The number of rotatable bonds is 3. The van der Waals surface area contributed by atoms with Gasteiger partial charge >= 0.3 is 0 Å². The highest BCUT2D eigenvalue weighted by molar-refractivity contribution is 6.29. The quantitative estimate of drug-likeness (QED) is 0.616. The Balaban J connectivity index is 1.80. The third-order valence-electron chi connectivity index (χ3n) is 2.87. The summed E-state index contributed by atoms with van der Waals surface area (Å²) in [7, 11) is 0. The maximum Gasteiger partial charge on any atom is 0.220 e. The zero-order chi connectivity index (χ0) is 13.8. The average molecular weight is 282 g/mol. The molecule has 1 heterocycles. The molecule has 3 rings (SSSR count). The van der Waals surface area contributed by atoms with E-state index in [9.17, 15) is 0 Å². The van der Waals surface area contributed by atoms with Crippen LogP contribution in [-0.2, 0) is 0 Å². The Morgan fingerprint density at radius 3 is 2.10 bits per heavy atom. The molecule has 0 bridgehead atoms. The lowest BCUT2D eigenvalue weighted by atomic mass is 10.1. The molecule has 3 heteroatoms. The first-order valence-electron chi connectivity index (χ1n) is 6.27. The van der Waals surface area contributed by atoms with Crippen LogP contribution in [0.5, 0.6) is 11.6 Å². The number of ether oxygens (including phenoxy) is 1. The van der Waals surface area contributed by atoms with Crippen LogP contribution in [0.3, 0.4) is 0 Å². The summed E-state index contributed by atoms with van der Waals surface area (Å²) in [4.78, 5) is 4.09. The third-order valence-corrected chi connectivity index (χ3v) is 3.08. The van der Waals surface area contributed by atoms with Gasteiger partial charge in [-0.15, -0.1) is 0 Å².